The number of amides is 1. The number of rotatable bonds is 6. The lowest BCUT2D eigenvalue weighted by Gasteiger charge is -2.30. The van der Waals surface area contributed by atoms with Crippen LogP contribution in [0.15, 0.2) is 30.0 Å². The molecule has 3 rings (SSSR count). The second-order valence-corrected chi connectivity index (χ2v) is 7.66. The Morgan fingerprint density at radius 3 is 2.67 bits per heavy atom. The van der Waals surface area contributed by atoms with E-state index in [0.717, 1.165) is 29.7 Å². The van der Waals surface area contributed by atoms with E-state index in [4.69, 9.17) is 9.47 Å². The van der Waals surface area contributed by atoms with E-state index in [-0.39, 0.29) is 11.9 Å². The molecule has 1 amide bonds. The van der Waals surface area contributed by atoms with E-state index in [2.05, 4.69) is 0 Å². The summed E-state index contributed by atoms with van der Waals surface area (Å²) >= 11 is 0. The molecule has 1 aromatic rings. The van der Waals surface area contributed by atoms with Crippen LogP contribution in [0.5, 0.6) is 5.75 Å². The fraction of sp³-hybridized carbons (Fsp3) is 0.545. The minimum absolute atomic E-state index is 0.179. The first-order chi connectivity index (χ1) is 13.0. The first kappa shape index (κ1) is 19.5. The molecule has 0 spiro atoms. The van der Waals surface area contributed by atoms with Crippen molar-refractivity contribution in [1.29, 1.82) is 0 Å². The zero-order chi connectivity index (χ0) is 19.4. The molecule has 1 heterocycles. The predicted octanol–water partition coefficient (Wildman–Crippen LogP) is 3.92. The lowest BCUT2D eigenvalue weighted by molar-refractivity contribution is -0.151. The lowest BCUT2D eigenvalue weighted by Crippen LogP contribution is -2.44. The Labute approximate surface area is 161 Å². The molecule has 146 valence electrons. The molecule has 0 radical (unpaired) electrons. The van der Waals surface area contributed by atoms with Gasteiger partial charge in [-0.25, -0.2) is 4.79 Å². The molecule has 0 N–H and O–H groups in total. The molecule has 0 aromatic heterocycles. The van der Waals surface area contributed by atoms with Gasteiger partial charge in [-0.05, 0) is 43.4 Å². The highest BCUT2D eigenvalue weighted by Crippen LogP contribution is 2.31. The van der Waals surface area contributed by atoms with Gasteiger partial charge in [0.05, 0.1) is 13.7 Å². The Balaban J connectivity index is 1.71. The Morgan fingerprint density at radius 1 is 1.22 bits per heavy atom. The van der Waals surface area contributed by atoms with Gasteiger partial charge in [0.1, 0.15) is 17.6 Å². The first-order valence-corrected chi connectivity index (χ1v) is 9.82. The third-order valence-corrected chi connectivity index (χ3v) is 5.82. The Morgan fingerprint density at radius 2 is 1.96 bits per heavy atom. The van der Waals surface area contributed by atoms with Crippen molar-refractivity contribution in [3.05, 3.63) is 41.2 Å². The molecular formula is C22H29NO4. The van der Waals surface area contributed by atoms with Gasteiger partial charge < -0.3 is 14.4 Å². The van der Waals surface area contributed by atoms with E-state index in [9.17, 15) is 9.59 Å². The molecule has 5 heteroatoms. The van der Waals surface area contributed by atoms with Gasteiger partial charge in [0.15, 0.2) is 0 Å². The monoisotopic (exact) mass is 371 g/mol. The number of methoxy groups -OCH3 is 1. The molecule has 0 bridgehead atoms. The molecule has 0 saturated heterocycles. The molecule has 1 saturated carbocycles. The van der Waals surface area contributed by atoms with Crippen LogP contribution >= 0.6 is 0 Å². The molecule has 2 aliphatic rings. The maximum absolute atomic E-state index is 12.6. The zero-order valence-corrected chi connectivity index (χ0v) is 16.5. The average molecular weight is 371 g/mol. The van der Waals surface area contributed by atoms with Gasteiger partial charge in [-0.2, -0.15) is 0 Å². The van der Waals surface area contributed by atoms with Crippen molar-refractivity contribution in [1.82, 2.24) is 4.90 Å². The summed E-state index contributed by atoms with van der Waals surface area (Å²) in [6.07, 6.45) is 8.07. The smallest absolute Gasteiger partial charge is 0.328 e. The summed E-state index contributed by atoms with van der Waals surface area (Å²) in [6, 6.07) is 5.32. The van der Waals surface area contributed by atoms with Crippen molar-refractivity contribution in [2.75, 3.05) is 13.7 Å². The van der Waals surface area contributed by atoms with Crippen molar-refractivity contribution in [2.24, 2.45) is 5.92 Å². The van der Waals surface area contributed by atoms with Gasteiger partial charge in [-0.15, -0.1) is 0 Å². The van der Waals surface area contributed by atoms with Crippen LogP contribution in [0, 0.1) is 19.8 Å². The highest BCUT2D eigenvalue weighted by Gasteiger charge is 2.36. The van der Waals surface area contributed by atoms with E-state index in [0.29, 0.717) is 24.6 Å². The summed E-state index contributed by atoms with van der Waals surface area (Å²) in [7, 11) is 1.39. The van der Waals surface area contributed by atoms with Crippen molar-refractivity contribution >= 4 is 11.9 Å². The molecule has 1 aliphatic carbocycles. The standard InChI is InChI=1S/C22H29NO4/c1-15-8-7-11-20(16(15)2)27-18-13-21(24)23(14-18)19(22(25)26-3)12-17-9-5-4-6-10-17/h7-8,11,13,17,19H,4-6,9-10,12,14H2,1-3H3. The van der Waals surface area contributed by atoms with E-state index >= 15 is 0 Å². The molecule has 1 aliphatic heterocycles. The van der Waals surface area contributed by atoms with Crippen LogP contribution < -0.4 is 4.74 Å². The number of ether oxygens (including phenoxy) is 2. The number of carbonyl (C=O) groups is 2. The van der Waals surface area contributed by atoms with Gasteiger partial charge in [-0.1, -0.05) is 44.2 Å². The van der Waals surface area contributed by atoms with Crippen LogP contribution in [0.1, 0.15) is 49.7 Å². The first-order valence-electron chi connectivity index (χ1n) is 9.82. The van der Waals surface area contributed by atoms with Gasteiger partial charge in [0, 0.05) is 6.08 Å². The average Bonchev–Trinajstić information content (AvgIpc) is 3.03. The highest BCUT2D eigenvalue weighted by molar-refractivity contribution is 5.94. The van der Waals surface area contributed by atoms with Gasteiger partial charge in [0.2, 0.25) is 0 Å². The summed E-state index contributed by atoms with van der Waals surface area (Å²) in [5.41, 5.74) is 2.19. The van der Waals surface area contributed by atoms with Gasteiger partial charge in [-0.3, -0.25) is 4.79 Å². The van der Waals surface area contributed by atoms with E-state index in [1.54, 1.807) is 4.90 Å². The molecule has 1 fully saturated rings. The SMILES string of the molecule is COC(=O)C(CC1CCCCC1)N1CC(Oc2cccc(C)c2C)=CC1=O. The fourth-order valence-corrected chi connectivity index (χ4v) is 4.04. The van der Waals surface area contributed by atoms with E-state index < -0.39 is 6.04 Å². The van der Waals surface area contributed by atoms with Crippen LogP contribution in [-0.4, -0.2) is 36.5 Å². The van der Waals surface area contributed by atoms with Crippen molar-refractivity contribution in [3.8, 4) is 5.75 Å². The maximum Gasteiger partial charge on any atom is 0.328 e. The fourth-order valence-electron chi connectivity index (χ4n) is 4.04. The van der Waals surface area contributed by atoms with Crippen LogP contribution in [0.3, 0.4) is 0 Å². The minimum atomic E-state index is -0.540. The predicted molar refractivity (Wildman–Crippen MR) is 103 cm³/mol. The zero-order valence-electron chi connectivity index (χ0n) is 16.5. The Kier molecular flexibility index (Phi) is 6.19. The number of hydrogen-bond acceptors (Lipinski definition) is 4. The van der Waals surface area contributed by atoms with Gasteiger partial charge in [0.25, 0.3) is 5.91 Å². The highest BCUT2D eigenvalue weighted by atomic mass is 16.5. The van der Waals surface area contributed by atoms with E-state index in [1.807, 2.05) is 32.0 Å². The second-order valence-electron chi connectivity index (χ2n) is 7.66. The number of esters is 1. The minimum Gasteiger partial charge on any atom is -0.467 e. The molecule has 1 atom stereocenters. The van der Waals surface area contributed by atoms with Crippen molar-refractivity contribution < 1.29 is 19.1 Å². The number of nitrogens with zero attached hydrogens (tertiary/aromatic N) is 1. The quantitative estimate of drug-likeness (QED) is 0.711. The van der Waals surface area contributed by atoms with E-state index in [1.165, 1.54) is 32.4 Å². The van der Waals surface area contributed by atoms with Gasteiger partial charge >= 0.3 is 5.97 Å². The third-order valence-electron chi connectivity index (χ3n) is 5.82. The Hall–Kier alpha value is -2.30. The molecular weight excluding hydrogens is 342 g/mol. The summed E-state index contributed by atoms with van der Waals surface area (Å²) in [5.74, 6) is 1.28. The van der Waals surface area contributed by atoms with Crippen molar-refractivity contribution in [2.45, 2.75) is 58.4 Å². The molecule has 5 nitrogen and oxygen atoms in total. The van der Waals surface area contributed by atoms with Crippen LogP contribution in [0.25, 0.3) is 0 Å². The summed E-state index contributed by atoms with van der Waals surface area (Å²) in [4.78, 5) is 26.6. The summed E-state index contributed by atoms with van der Waals surface area (Å²) < 4.78 is 11.0. The Bertz CT molecular complexity index is 734. The summed E-state index contributed by atoms with van der Waals surface area (Å²) in [5, 5.41) is 0. The molecule has 27 heavy (non-hydrogen) atoms. The summed E-state index contributed by atoms with van der Waals surface area (Å²) in [6.45, 7) is 4.33. The van der Waals surface area contributed by atoms with Crippen LogP contribution in [0.4, 0.5) is 0 Å². The second kappa shape index (κ2) is 8.59. The maximum atomic E-state index is 12.6. The largest absolute Gasteiger partial charge is 0.467 e. The third kappa shape index (κ3) is 4.52. The number of benzene rings is 1. The normalized spacial score (nSPS) is 19.0. The number of hydrogen-bond donors (Lipinski definition) is 0. The molecule has 1 unspecified atom stereocenters. The van der Waals surface area contributed by atoms with Crippen molar-refractivity contribution in [3.63, 3.8) is 0 Å². The lowest BCUT2D eigenvalue weighted by atomic mass is 9.84. The van der Waals surface area contributed by atoms with Crippen LogP contribution in [-0.2, 0) is 14.3 Å². The van der Waals surface area contributed by atoms with Crippen LogP contribution in [0.2, 0.25) is 0 Å². The topological polar surface area (TPSA) is 55.8 Å². The number of carbonyl (C=O) groups excluding carboxylic acids is 2. The molecule has 1 aromatic carbocycles. The number of aryl methyl sites for hydroxylation is 1.